The topological polar surface area (TPSA) is 67.8 Å². The molecule has 2 atom stereocenters. The lowest BCUT2D eigenvalue weighted by Gasteiger charge is -2.20. The lowest BCUT2D eigenvalue weighted by atomic mass is 9.99. The maximum Gasteiger partial charge on any atom is 0.307 e. The molecule has 0 saturated carbocycles. The van der Waals surface area contributed by atoms with Crippen LogP contribution in [0.5, 0.6) is 11.5 Å². The van der Waals surface area contributed by atoms with E-state index in [0.29, 0.717) is 13.2 Å². The lowest BCUT2D eigenvalue weighted by molar-refractivity contribution is -0.136. The first kappa shape index (κ1) is 20.1. The maximum absolute atomic E-state index is 10.9. The van der Waals surface area contributed by atoms with Crippen LogP contribution in [-0.2, 0) is 4.79 Å². The fraction of sp³-hybridized carbons (Fsp3) is 0.320. The summed E-state index contributed by atoms with van der Waals surface area (Å²) in [4.78, 5) is 10.9. The molecule has 2 aromatic rings. The van der Waals surface area contributed by atoms with Gasteiger partial charge in [-0.25, -0.2) is 0 Å². The van der Waals surface area contributed by atoms with Crippen LogP contribution in [0.25, 0.3) is 0 Å². The number of para-hydroxylation sites is 1. The smallest absolute Gasteiger partial charge is 0.307 e. The molecule has 2 N–H and O–H groups in total. The molecule has 0 fully saturated rings. The summed E-state index contributed by atoms with van der Waals surface area (Å²) in [6.07, 6.45) is 5.88. The summed E-state index contributed by atoms with van der Waals surface area (Å²) in [5, 5.41) is 12.5. The van der Waals surface area contributed by atoms with Gasteiger partial charge in [0.2, 0.25) is 0 Å². The summed E-state index contributed by atoms with van der Waals surface area (Å²) >= 11 is 0. The normalized spacial score (nSPS) is 18.5. The molecule has 5 nitrogen and oxygen atoms in total. The highest BCUT2D eigenvalue weighted by Crippen LogP contribution is 2.34. The molecule has 0 spiro atoms. The number of carboxylic acids is 1. The molecule has 0 saturated heterocycles. The molecule has 1 unspecified atom stereocenters. The highest BCUT2D eigenvalue weighted by molar-refractivity contribution is 5.70. The zero-order chi connectivity index (χ0) is 20.9. The Bertz CT molecular complexity index is 961. The van der Waals surface area contributed by atoms with Crippen molar-refractivity contribution in [2.24, 2.45) is 0 Å². The zero-order valence-electron chi connectivity index (χ0n) is 17.1. The Morgan fingerprint density at radius 3 is 2.83 bits per heavy atom. The summed E-state index contributed by atoms with van der Waals surface area (Å²) in [5.41, 5.74) is 4.31. The number of carbonyl (C=O) groups is 1. The molecule has 1 aliphatic carbocycles. The molecular weight excluding hydrogens is 378 g/mol. The molecule has 156 valence electrons. The van der Waals surface area contributed by atoms with Crippen LogP contribution in [-0.4, -0.2) is 24.3 Å². The van der Waals surface area contributed by atoms with E-state index in [9.17, 15) is 4.79 Å². The van der Waals surface area contributed by atoms with Crippen molar-refractivity contribution in [2.45, 2.75) is 38.1 Å². The highest BCUT2D eigenvalue weighted by Gasteiger charge is 2.24. The fourth-order valence-corrected chi connectivity index (χ4v) is 3.95. The third-order valence-electron chi connectivity index (χ3n) is 5.58. The Kier molecular flexibility index (Phi) is 6.07. The lowest BCUT2D eigenvalue weighted by Crippen LogP contribution is -2.18. The molecule has 1 heterocycles. The monoisotopic (exact) mass is 405 g/mol. The number of rotatable bonds is 8. The van der Waals surface area contributed by atoms with E-state index >= 15 is 0 Å². The molecule has 0 radical (unpaired) electrons. The Morgan fingerprint density at radius 1 is 1.23 bits per heavy atom. The summed E-state index contributed by atoms with van der Waals surface area (Å²) in [5.74, 6) is 1.28. The number of benzene rings is 2. The minimum absolute atomic E-state index is 0.107. The third-order valence-corrected chi connectivity index (χ3v) is 5.58. The van der Waals surface area contributed by atoms with Crippen molar-refractivity contribution in [1.29, 1.82) is 0 Å². The Labute approximate surface area is 177 Å². The van der Waals surface area contributed by atoms with Gasteiger partial charge in [0.15, 0.2) is 0 Å². The zero-order valence-corrected chi connectivity index (χ0v) is 17.1. The minimum Gasteiger partial charge on any atom is -0.493 e. The van der Waals surface area contributed by atoms with Crippen LogP contribution in [0.1, 0.15) is 49.3 Å². The van der Waals surface area contributed by atoms with E-state index in [1.165, 1.54) is 5.56 Å². The van der Waals surface area contributed by atoms with E-state index in [-0.39, 0.29) is 18.4 Å². The number of nitrogens with one attached hydrogen (secondary N) is 1. The largest absolute Gasteiger partial charge is 0.493 e. The predicted octanol–water partition coefficient (Wildman–Crippen LogP) is 4.97. The van der Waals surface area contributed by atoms with Crippen LogP contribution in [0.15, 0.2) is 72.0 Å². The summed E-state index contributed by atoms with van der Waals surface area (Å²) in [6, 6.07) is 16.4. The Balaban J connectivity index is 1.32. The van der Waals surface area contributed by atoms with Crippen molar-refractivity contribution in [3.05, 3.63) is 83.1 Å². The number of ether oxygens (including phenoxy) is 2. The molecule has 0 amide bonds. The van der Waals surface area contributed by atoms with Crippen LogP contribution in [0.3, 0.4) is 0 Å². The van der Waals surface area contributed by atoms with Gasteiger partial charge in [0.1, 0.15) is 11.5 Å². The Hall–Kier alpha value is -3.21. The quantitative estimate of drug-likeness (QED) is 0.649. The van der Waals surface area contributed by atoms with Gasteiger partial charge in [0.05, 0.1) is 25.6 Å². The van der Waals surface area contributed by atoms with Gasteiger partial charge in [0.25, 0.3) is 0 Å². The number of carboxylic acid groups (broad SMARTS) is 1. The average Bonchev–Trinajstić information content (AvgIpc) is 3.15. The van der Waals surface area contributed by atoms with Gasteiger partial charge in [-0.2, -0.15) is 0 Å². The number of allylic oxidation sites excluding steroid dienone is 2. The van der Waals surface area contributed by atoms with Crippen LogP contribution in [0.2, 0.25) is 0 Å². The summed E-state index contributed by atoms with van der Waals surface area (Å²) < 4.78 is 11.7. The molecule has 30 heavy (non-hydrogen) atoms. The van der Waals surface area contributed by atoms with E-state index in [0.717, 1.165) is 41.2 Å². The van der Waals surface area contributed by atoms with Crippen molar-refractivity contribution in [2.75, 3.05) is 13.2 Å². The van der Waals surface area contributed by atoms with Crippen LogP contribution >= 0.6 is 0 Å². The van der Waals surface area contributed by atoms with Crippen LogP contribution in [0, 0.1) is 0 Å². The maximum atomic E-state index is 10.9. The van der Waals surface area contributed by atoms with E-state index in [1.54, 1.807) is 0 Å². The molecule has 1 aliphatic heterocycles. The van der Waals surface area contributed by atoms with E-state index in [2.05, 4.69) is 36.5 Å². The first-order valence-corrected chi connectivity index (χ1v) is 10.4. The van der Waals surface area contributed by atoms with Gasteiger partial charge in [-0.1, -0.05) is 42.0 Å². The molecule has 0 aromatic heterocycles. The summed E-state index contributed by atoms with van der Waals surface area (Å²) in [7, 11) is 0. The number of hydrogen-bond donors (Lipinski definition) is 2. The second-order valence-electron chi connectivity index (χ2n) is 7.86. The van der Waals surface area contributed by atoms with Gasteiger partial charge in [-0.15, -0.1) is 0 Å². The van der Waals surface area contributed by atoms with Crippen molar-refractivity contribution < 1.29 is 19.4 Å². The Morgan fingerprint density at radius 2 is 2.03 bits per heavy atom. The SMILES string of the molecule is CC(NC1=CCCC(CC(=O)O)=C1)c1ccc(OC[C@@H]2COc3ccccc32)cc1. The van der Waals surface area contributed by atoms with Gasteiger partial charge >= 0.3 is 5.97 Å². The van der Waals surface area contributed by atoms with Crippen molar-refractivity contribution in [1.82, 2.24) is 5.32 Å². The van der Waals surface area contributed by atoms with Crippen LogP contribution < -0.4 is 14.8 Å². The van der Waals surface area contributed by atoms with Crippen LogP contribution in [0.4, 0.5) is 0 Å². The molecule has 2 aliphatic rings. The summed E-state index contributed by atoms with van der Waals surface area (Å²) in [6.45, 7) is 3.35. The molecule has 2 aromatic carbocycles. The first-order valence-electron chi connectivity index (χ1n) is 10.4. The van der Waals surface area contributed by atoms with E-state index < -0.39 is 5.97 Å². The van der Waals surface area contributed by atoms with Crippen molar-refractivity contribution >= 4 is 5.97 Å². The van der Waals surface area contributed by atoms with E-state index in [1.807, 2.05) is 36.4 Å². The van der Waals surface area contributed by atoms with Gasteiger partial charge in [0, 0.05) is 17.3 Å². The highest BCUT2D eigenvalue weighted by atomic mass is 16.5. The molecule has 5 heteroatoms. The number of aliphatic carboxylic acids is 1. The standard InChI is InChI=1S/C25H27NO4/c1-17(26-21-6-4-5-18(13-21)14-25(27)28)19-9-11-22(12-10-19)29-15-20-16-30-24-8-3-2-7-23(20)24/h2-3,6-13,17,20,26H,4-5,14-16H2,1H3,(H,27,28)/t17?,20-/m1/s1. The third kappa shape index (κ3) is 4.85. The van der Waals surface area contributed by atoms with E-state index in [4.69, 9.17) is 14.6 Å². The van der Waals surface area contributed by atoms with Crippen molar-refractivity contribution in [3.63, 3.8) is 0 Å². The fourth-order valence-electron chi connectivity index (χ4n) is 3.95. The minimum atomic E-state index is -0.779. The molecular formula is C25H27NO4. The first-order chi connectivity index (χ1) is 14.6. The molecule has 4 rings (SSSR count). The number of fused-ring (bicyclic) bond motifs is 1. The molecule has 0 bridgehead atoms. The second kappa shape index (κ2) is 9.08. The predicted molar refractivity (Wildman–Crippen MR) is 116 cm³/mol. The van der Waals surface area contributed by atoms with Gasteiger partial charge < -0.3 is 19.9 Å². The van der Waals surface area contributed by atoms with Crippen molar-refractivity contribution in [3.8, 4) is 11.5 Å². The second-order valence-corrected chi connectivity index (χ2v) is 7.86. The average molecular weight is 405 g/mol. The van der Waals surface area contributed by atoms with Gasteiger partial charge in [-0.05, 0) is 49.6 Å². The number of hydrogen-bond acceptors (Lipinski definition) is 4. The van der Waals surface area contributed by atoms with Gasteiger partial charge in [-0.3, -0.25) is 4.79 Å².